The monoisotopic (exact) mass is 249 g/mol. The van der Waals surface area contributed by atoms with E-state index in [1.807, 2.05) is 0 Å². The molecular formula is C16H34LiO. The van der Waals surface area contributed by atoms with Gasteiger partial charge in [0.15, 0.2) is 0 Å². The predicted molar refractivity (Wildman–Crippen MR) is 83.3 cm³/mol. The molecule has 0 fully saturated rings. The van der Waals surface area contributed by atoms with Gasteiger partial charge < -0.3 is 4.74 Å². The van der Waals surface area contributed by atoms with E-state index in [-0.39, 0.29) is 18.9 Å². The molecule has 0 amide bonds. The largest absolute Gasteiger partial charge is 0.381 e. The van der Waals surface area contributed by atoms with Crippen molar-refractivity contribution < 1.29 is 4.74 Å². The van der Waals surface area contributed by atoms with Crippen LogP contribution in [0.5, 0.6) is 0 Å². The van der Waals surface area contributed by atoms with E-state index in [4.69, 9.17) is 4.74 Å². The molecule has 0 rings (SSSR count). The Morgan fingerprint density at radius 1 is 0.500 bits per heavy atom. The zero-order valence-corrected chi connectivity index (χ0v) is 13.3. The van der Waals surface area contributed by atoms with Gasteiger partial charge in [0.2, 0.25) is 0 Å². The zero-order valence-electron chi connectivity index (χ0n) is 13.3. The number of hydrogen-bond donors (Lipinski definition) is 0. The summed E-state index contributed by atoms with van der Waals surface area (Å²) in [6.45, 7) is 6.51. The van der Waals surface area contributed by atoms with Gasteiger partial charge in [0.1, 0.15) is 0 Å². The van der Waals surface area contributed by atoms with Crippen molar-refractivity contribution in [1.29, 1.82) is 0 Å². The van der Waals surface area contributed by atoms with E-state index in [1.54, 1.807) is 0 Å². The number of ether oxygens (including phenoxy) is 1. The maximum absolute atomic E-state index is 5.65. The Hall–Kier alpha value is 0.557. The van der Waals surface area contributed by atoms with Crippen molar-refractivity contribution in [2.24, 2.45) is 0 Å². The van der Waals surface area contributed by atoms with Crippen LogP contribution >= 0.6 is 0 Å². The van der Waals surface area contributed by atoms with Gasteiger partial charge in [-0.2, -0.15) is 0 Å². The Balaban J connectivity index is 0. The summed E-state index contributed by atoms with van der Waals surface area (Å²) in [4.78, 5) is 0. The summed E-state index contributed by atoms with van der Waals surface area (Å²) in [7, 11) is 0. The zero-order chi connectivity index (χ0) is 12.6. The Morgan fingerprint density at radius 3 is 1.22 bits per heavy atom. The molecule has 0 aromatic heterocycles. The Kier molecular flexibility index (Phi) is 23.1. The van der Waals surface area contributed by atoms with Crippen LogP contribution in [0, 0.1) is 0 Å². The third kappa shape index (κ3) is 18.9. The summed E-state index contributed by atoms with van der Waals surface area (Å²) >= 11 is 0. The molecule has 0 bridgehead atoms. The van der Waals surface area contributed by atoms with E-state index in [9.17, 15) is 0 Å². The molecule has 1 radical (unpaired) electrons. The van der Waals surface area contributed by atoms with Gasteiger partial charge in [-0.25, -0.2) is 0 Å². The second-order valence-electron chi connectivity index (χ2n) is 5.15. The number of hydrogen-bond acceptors (Lipinski definition) is 1. The molecule has 0 N–H and O–H groups in total. The molecule has 105 valence electrons. The van der Waals surface area contributed by atoms with Crippen LogP contribution in [0.2, 0.25) is 0 Å². The van der Waals surface area contributed by atoms with Crippen molar-refractivity contribution in [2.45, 2.75) is 90.9 Å². The van der Waals surface area contributed by atoms with Gasteiger partial charge in [0, 0.05) is 32.1 Å². The molecule has 0 heterocycles. The summed E-state index contributed by atoms with van der Waals surface area (Å²) in [5.41, 5.74) is 0. The van der Waals surface area contributed by atoms with Crippen molar-refractivity contribution in [3.8, 4) is 0 Å². The summed E-state index contributed by atoms with van der Waals surface area (Å²) in [5.74, 6) is 0. The van der Waals surface area contributed by atoms with Crippen molar-refractivity contribution in [3.05, 3.63) is 0 Å². The standard InChI is InChI=1S/C16H34O.Li/c1-3-5-7-9-11-13-15-17-16-14-12-10-8-6-4-2;/h3-16H2,1-2H3;. The van der Waals surface area contributed by atoms with Gasteiger partial charge in [-0.05, 0) is 12.8 Å². The minimum absolute atomic E-state index is 0. The molecule has 0 aromatic carbocycles. The first-order chi connectivity index (χ1) is 8.41. The molecule has 18 heavy (non-hydrogen) atoms. The summed E-state index contributed by atoms with van der Waals surface area (Å²) in [6, 6.07) is 0. The van der Waals surface area contributed by atoms with Crippen LogP contribution < -0.4 is 0 Å². The summed E-state index contributed by atoms with van der Waals surface area (Å²) < 4.78 is 5.65. The molecule has 0 saturated heterocycles. The van der Waals surface area contributed by atoms with Crippen LogP contribution in [0.25, 0.3) is 0 Å². The SMILES string of the molecule is CCCCCCCCOCCCCCCCC.[Li]. The fourth-order valence-corrected chi connectivity index (χ4v) is 2.07. The van der Waals surface area contributed by atoms with Crippen LogP contribution in [0.1, 0.15) is 90.9 Å². The van der Waals surface area contributed by atoms with E-state index in [1.165, 1.54) is 77.0 Å². The van der Waals surface area contributed by atoms with Crippen LogP contribution in [-0.2, 0) is 4.74 Å². The fourth-order valence-electron chi connectivity index (χ4n) is 2.07. The fraction of sp³-hybridized carbons (Fsp3) is 1.00. The van der Waals surface area contributed by atoms with Gasteiger partial charge in [-0.1, -0.05) is 78.1 Å². The first-order valence-electron chi connectivity index (χ1n) is 7.99. The quantitative estimate of drug-likeness (QED) is 0.298. The van der Waals surface area contributed by atoms with Crippen LogP contribution in [0.4, 0.5) is 0 Å². The molecule has 0 aliphatic heterocycles. The third-order valence-electron chi connectivity index (χ3n) is 3.28. The van der Waals surface area contributed by atoms with E-state index >= 15 is 0 Å². The first-order valence-corrected chi connectivity index (χ1v) is 7.99. The number of unbranched alkanes of at least 4 members (excludes halogenated alkanes) is 10. The third-order valence-corrected chi connectivity index (χ3v) is 3.28. The van der Waals surface area contributed by atoms with Gasteiger partial charge in [0.25, 0.3) is 0 Å². The van der Waals surface area contributed by atoms with E-state index in [0.717, 1.165) is 13.2 Å². The molecule has 0 spiro atoms. The predicted octanol–water partition coefficient (Wildman–Crippen LogP) is 5.34. The van der Waals surface area contributed by atoms with Crippen LogP contribution in [0.15, 0.2) is 0 Å². The van der Waals surface area contributed by atoms with Gasteiger partial charge >= 0.3 is 0 Å². The van der Waals surface area contributed by atoms with Crippen molar-refractivity contribution in [1.82, 2.24) is 0 Å². The van der Waals surface area contributed by atoms with Crippen LogP contribution in [0.3, 0.4) is 0 Å². The Labute approximate surface area is 128 Å². The van der Waals surface area contributed by atoms with Gasteiger partial charge in [-0.15, -0.1) is 0 Å². The van der Waals surface area contributed by atoms with Crippen molar-refractivity contribution in [3.63, 3.8) is 0 Å². The molecule has 1 nitrogen and oxygen atoms in total. The molecule has 0 unspecified atom stereocenters. The maximum atomic E-state index is 5.65. The minimum atomic E-state index is 0. The Bertz CT molecular complexity index is 114. The van der Waals surface area contributed by atoms with Crippen molar-refractivity contribution in [2.75, 3.05) is 13.2 Å². The molecule has 0 atom stereocenters. The van der Waals surface area contributed by atoms with E-state index in [0.29, 0.717) is 0 Å². The summed E-state index contributed by atoms with van der Waals surface area (Å²) in [6.07, 6.45) is 16.3. The normalized spacial score (nSPS) is 10.3. The molecule has 2 heteroatoms. The van der Waals surface area contributed by atoms with Crippen molar-refractivity contribution >= 4 is 18.9 Å². The average Bonchev–Trinajstić information content (AvgIpc) is 2.35. The molecule has 0 saturated carbocycles. The van der Waals surface area contributed by atoms with Crippen LogP contribution in [-0.4, -0.2) is 32.1 Å². The smallest absolute Gasteiger partial charge is 0.0466 e. The summed E-state index contributed by atoms with van der Waals surface area (Å²) in [5, 5.41) is 0. The molecular weight excluding hydrogens is 215 g/mol. The maximum Gasteiger partial charge on any atom is 0.0466 e. The van der Waals surface area contributed by atoms with E-state index in [2.05, 4.69) is 13.8 Å². The molecule has 0 aliphatic carbocycles. The molecule has 0 aliphatic rings. The van der Waals surface area contributed by atoms with E-state index < -0.39 is 0 Å². The Morgan fingerprint density at radius 2 is 0.833 bits per heavy atom. The minimum Gasteiger partial charge on any atom is -0.381 e. The second kappa shape index (κ2) is 19.9. The first kappa shape index (κ1) is 20.9. The topological polar surface area (TPSA) is 9.23 Å². The second-order valence-corrected chi connectivity index (χ2v) is 5.15. The average molecular weight is 249 g/mol. The van der Waals surface area contributed by atoms with Gasteiger partial charge in [-0.3, -0.25) is 0 Å². The number of rotatable bonds is 14. The van der Waals surface area contributed by atoms with Gasteiger partial charge in [0.05, 0.1) is 0 Å². The molecule has 0 aromatic rings.